The normalized spacial score (nSPS) is 15.4. The van der Waals surface area contributed by atoms with Crippen LogP contribution in [0.15, 0.2) is 43.2 Å². The fourth-order valence-corrected chi connectivity index (χ4v) is 3.32. The van der Waals surface area contributed by atoms with Gasteiger partial charge in [-0.1, -0.05) is 6.08 Å². The Hall–Kier alpha value is -3.00. The van der Waals surface area contributed by atoms with Gasteiger partial charge in [0.05, 0.1) is 4.92 Å². The van der Waals surface area contributed by atoms with Crippen molar-refractivity contribution in [2.45, 2.75) is 18.9 Å². The van der Waals surface area contributed by atoms with Gasteiger partial charge in [0, 0.05) is 56.7 Å². The summed E-state index contributed by atoms with van der Waals surface area (Å²) in [4.78, 5) is 30.0. The highest BCUT2D eigenvalue weighted by Crippen LogP contribution is 2.28. The Balaban J connectivity index is 1.77. The Kier molecular flexibility index (Phi) is 5.66. The number of carbonyl (C=O) groups is 1. The van der Waals surface area contributed by atoms with Crippen LogP contribution in [0.1, 0.15) is 29.0 Å². The number of ketones is 1. The van der Waals surface area contributed by atoms with E-state index in [2.05, 4.69) is 21.8 Å². The van der Waals surface area contributed by atoms with Crippen molar-refractivity contribution in [3.63, 3.8) is 0 Å². The molecule has 2 heterocycles. The molecule has 0 amide bonds. The summed E-state index contributed by atoms with van der Waals surface area (Å²) < 4.78 is 1.59. The Morgan fingerprint density at radius 2 is 2.19 bits per heavy atom. The van der Waals surface area contributed by atoms with Gasteiger partial charge in [-0.25, -0.2) is 4.98 Å². The number of imidazole rings is 1. The van der Waals surface area contributed by atoms with Crippen molar-refractivity contribution in [3.05, 3.63) is 64.7 Å². The third-order valence-corrected chi connectivity index (χ3v) is 4.82. The number of nitro groups is 1. The third kappa shape index (κ3) is 4.22. The highest BCUT2D eigenvalue weighted by atomic mass is 16.6. The van der Waals surface area contributed by atoms with Gasteiger partial charge in [-0.2, -0.15) is 0 Å². The van der Waals surface area contributed by atoms with Crippen LogP contribution in [0.3, 0.4) is 0 Å². The van der Waals surface area contributed by atoms with Gasteiger partial charge in [0.15, 0.2) is 5.82 Å². The third-order valence-electron chi connectivity index (χ3n) is 4.82. The molecule has 0 atom stereocenters. The van der Waals surface area contributed by atoms with Gasteiger partial charge in [0.1, 0.15) is 5.69 Å². The highest BCUT2D eigenvalue weighted by molar-refractivity contribution is 6.07. The van der Waals surface area contributed by atoms with E-state index < -0.39 is 4.92 Å². The zero-order valence-electron chi connectivity index (χ0n) is 15.3. The topological polar surface area (TPSA) is 93.3 Å². The summed E-state index contributed by atoms with van der Waals surface area (Å²) in [5.41, 5.74) is 0.601. The van der Waals surface area contributed by atoms with Gasteiger partial charge in [-0.05, 0) is 25.0 Å². The molecule has 27 heavy (non-hydrogen) atoms. The first-order valence-corrected chi connectivity index (χ1v) is 8.90. The molecule has 0 bridgehead atoms. The number of benzene rings is 1. The molecule has 0 unspecified atom stereocenters. The number of likely N-dealkylation sites (tertiary alicyclic amines) is 1. The lowest BCUT2D eigenvalue weighted by Crippen LogP contribution is -2.39. The summed E-state index contributed by atoms with van der Waals surface area (Å²) in [6.07, 6.45) is 6.88. The Labute approximate surface area is 157 Å². The standard InChI is InChI=1S/C19H23N5O3/c1-3-9-23-10-6-15(7-11-23)21-16-5-4-14(13-17(16)24(26)27)18(25)19-20-8-12-22(19)2/h3-5,8,12-13,15,21H,1,6-7,9-11H2,2H3. The summed E-state index contributed by atoms with van der Waals surface area (Å²) in [6, 6.07) is 4.72. The minimum Gasteiger partial charge on any atom is -0.377 e. The number of hydrogen-bond acceptors (Lipinski definition) is 6. The van der Waals surface area contributed by atoms with Gasteiger partial charge in [-0.15, -0.1) is 6.58 Å². The van der Waals surface area contributed by atoms with E-state index in [0.717, 1.165) is 32.5 Å². The zero-order chi connectivity index (χ0) is 19.4. The number of rotatable bonds is 7. The fourth-order valence-electron chi connectivity index (χ4n) is 3.32. The van der Waals surface area contributed by atoms with E-state index in [1.807, 2.05) is 6.08 Å². The molecule has 1 aromatic heterocycles. The molecule has 142 valence electrons. The van der Waals surface area contributed by atoms with Crippen LogP contribution in [0.25, 0.3) is 0 Å². The van der Waals surface area contributed by atoms with E-state index in [1.54, 1.807) is 29.9 Å². The molecular weight excluding hydrogens is 346 g/mol. The number of nitrogens with zero attached hydrogens (tertiary/aromatic N) is 4. The first kappa shape index (κ1) is 18.8. The van der Waals surface area contributed by atoms with Gasteiger partial charge in [0.25, 0.3) is 5.69 Å². The summed E-state index contributed by atoms with van der Waals surface area (Å²) in [5, 5.41) is 14.8. The molecule has 1 fully saturated rings. The second kappa shape index (κ2) is 8.13. The average molecular weight is 369 g/mol. The van der Waals surface area contributed by atoms with E-state index in [9.17, 15) is 14.9 Å². The van der Waals surface area contributed by atoms with E-state index in [-0.39, 0.29) is 28.9 Å². The monoisotopic (exact) mass is 369 g/mol. The fraction of sp³-hybridized carbons (Fsp3) is 0.368. The minimum absolute atomic E-state index is 0.0939. The largest absolute Gasteiger partial charge is 0.377 e. The van der Waals surface area contributed by atoms with Gasteiger partial charge in [0.2, 0.25) is 5.78 Å². The second-order valence-electron chi connectivity index (χ2n) is 6.69. The molecule has 1 aromatic carbocycles. The smallest absolute Gasteiger partial charge is 0.293 e. The van der Waals surface area contributed by atoms with Gasteiger partial charge >= 0.3 is 0 Å². The number of hydrogen-bond donors (Lipinski definition) is 1. The SMILES string of the molecule is C=CCN1CCC(Nc2ccc(C(=O)c3nccn3C)cc2[N+](=O)[O-])CC1. The molecule has 0 radical (unpaired) electrons. The Bertz CT molecular complexity index is 853. The van der Waals surface area contributed by atoms with E-state index in [1.165, 1.54) is 12.3 Å². The molecule has 1 saturated heterocycles. The number of aromatic nitrogens is 2. The average Bonchev–Trinajstić information content (AvgIpc) is 3.09. The van der Waals surface area contributed by atoms with Crippen LogP contribution in [0.4, 0.5) is 11.4 Å². The molecule has 2 aromatic rings. The lowest BCUT2D eigenvalue weighted by atomic mass is 10.0. The number of carbonyl (C=O) groups excluding carboxylic acids is 1. The first-order chi connectivity index (χ1) is 13.0. The minimum atomic E-state index is -0.454. The Morgan fingerprint density at radius 3 is 2.78 bits per heavy atom. The van der Waals surface area contributed by atoms with Crippen molar-refractivity contribution < 1.29 is 9.72 Å². The summed E-state index contributed by atoms with van der Waals surface area (Å²) in [6.45, 7) is 6.46. The predicted molar refractivity (Wildman–Crippen MR) is 103 cm³/mol. The number of piperidine rings is 1. The van der Waals surface area contributed by atoms with Crippen LogP contribution in [-0.2, 0) is 7.05 Å². The van der Waals surface area contributed by atoms with Crippen molar-refractivity contribution in [1.82, 2.24) is 14.5 Å². The summed E-state index contributed by atoms with van der Waals surface area (Å²) in [7, 11) is 1.71. The second-order valence-corrected chi connectivity index (χ2v) is 6.69. The van der Waals surface area contributed by atoms with Crippen molar-refractivity contribution >= 4 is 17.2 Å². The lowest BCUT2D eigenvalue weighted by molar-refractivity contribution is -0.384. The van der Waals surface area contributed by atoms with Crippen LogP contribution in [0, 0.1) is 10.1 Å². The quantitative estimate of drug-likeness (QED) is 0.349. The van der Waals surface area contributed by atoms with Crippen molar-refractivity contribution in [2.24, 2.45) is 7.05 Å². The molecule has 1 aliphatic heterocycles. The van der Waals surface area contributed by atoms with Crippen molar-refractivity contribution in [1.29, 1.82) is 0 Å². The number of nitrogens with one attached hydrogen (secondary N) is 1. The number of anilines is 1. The van der Waals surface area contributed by atoms with Crippen LogP contribution >= 0.6 is 0 Å². The molecule has 1 N–H and O–H groups in total. The first-order valence-electron chi connectivity index (χ1n) is 8.90. The molecule has 8 heteroatoms. The summed E-state index contributed by atoms with van der Waals surface area (Å²) >= 11 is 0. The Morgan fingerprint density at radius 1 is 1.44 bits per heavy atom. The van der Waals surface area contributed by atoms with Crippen molar-refractivity contribution in [3.8, 4) is 0 Å². The zero-order valence-corrected chi connectivity index (χ0v) is 15.3. The van der Waals surface area contributed by atoms with Crippen LogP contribution in [0.5, 0.6) is 0 Å². The van der Waals surface area contributed by atoms with Crippen LogP contribution in [-0.4, -0.2) is 50.8 Å². The maximum Gasteiger partial charge on any atom is 0.293 e. The molecule has 0 spiro atoms. The molecule has 8 nitrogen and oxygen atoms in total. The molecular formula is C19H23N5O3. The van der Waals surface area contributed by atoms with Gasteiger partial charge < -0.3 is 9.88 Å². The maximum atomic E-state index is 12.6. The lowest BCUT2D eigenvalue weighted by Gasteiger charge is -2.32. The number of aryl methyl sites for hydroxylation is 1. The van der Waals surface area contributed by atoms with Crippen molar-refractivity contribution in [2.75, 3.05) is 25.0 Å². The summed E-state index contributed by atoms with van der Waals surface area (Å²) in [5.74, 6) is -0.0884. The van der Waals surface area contributed by atoms with E-state index >= 15 is 0 Å². The molecule has 0 saturated carbocycles. The number of nitro benzene ring substituents is 1. The maximum absolute atomic E-state index is 12.6. The molecule has 3 rings (SSSR count). The van der Waals surface area contributed by atoms with E-state index in [0.29, 0.717) is 5.69 Å². The van der Waals surface area contributed by atoms with E-state index in [4.69, 9.17) is 0 Å². The highest BCUT2D eigenvalue weighted by Gasteiger charge is 2.24. The molecule has 1 aliphatic rings. The van der Waals surface area contributed by atoms with Gasteiger partial charge in [-0.3, -0.25) is 19.8 Å². The van der Waals surface area contributed by atoms with Crippen LogP contribution in [0.2, 0.25) is 0 Å². The molecule has 0 aliphatic carbocycles. The van der Waals surface area contributed by atoms with Crippen LogP contribution < -0.4 is 5.32 Å². The predicted octanol–water partition coefficient (Wildman–Crippen LogP) is 2.62.